The Morgan fingerprint density at radius 1 is 0.467 bits per heavy atom. The molecule has 11 aromatic rings. The molecule has 12 rings (SSSR count). The van der Waals surface area contributed by atoms with Crippen LogP contribution in [-0.2, 0) is 5.41 Å². The Hall–Kier alpha value is -7.62. The normalized spacial score (nSPS) is 13.0. The molecule has 0 spiro atoms. The Balaban J connectivity index is 1.23. The average Bonchev–Trinajstić information content (AvgIpc) is 3.93. The summed E-state index contributed by atoms with van der Waals surface area (Å²) >= 11 is 0. The second-order valence-corrected chi connectivity index (χ2v) is 16.5. The molecule has 0 N–H and O–H groups in total. The number of anilines is 3. The number of nitrogens with zero attached hydrogens (tertiary/aromatic N) is 2. The molecule has 3 heteroatoms. The van der Waals surface area contributed by atoms with Crippen molar-refractivity contribution in [2.24, 2.45) is 0 Å². The van der Waals surface area contributed by atoms with Gasteiger partial charge in [0.2, 0.25) is 0 Å². The van der Waals surface area contributed by atoms with Crippen molar-refractivity contribution in [3.05, 3.63) is 217 Å². The standard InChI is InChI=1S/C57H40N2O/c1-57(2)47-24-14-12-22-44(47)53-49(58(42-30-26-39(27-31-42)37-16-6-3-7-17-37)43-32-28-40(29-33-43)38-18-8-4-9-19-38)36-46-52-48(59(56(46)55(53)57)41-20-10-5-11-21-41)34-35-51-54(52)45-23-13-15-25-50(45)60-51/h3-36H,1-2H3. The van der Waals surface area contributed by atoms with Crippen LogP contribution in [0.5, 0.6) is 0 Å². The highest BCUT2D eigenvalue weighted by Gasteiger charge is 2.41. The van der Waals surface area contributed by atoms with Gasteiger partial charge in [-0.05, 0) is 99.6 Å². The highest BCUT2D eigenvalue weighted by molar-refractivity contribution is 6.29. The van der Waals surface area contributed by atoms with Crippen molar-refractivity contribution in [3.63, 3.8) is 0 Å². The first kappa shape index (κ1) is 34.4. The zero-order valence-electron chi connectivity index (χ0n) is 33.4. The third-order valence-corrected chi connectivity index (χ3v) is 12.7. The average molecular weight is 769 g/mol. The minimum Gasteiger partial charge on any atom is -0.456 e. The van der Waals surface area contributed by atoms with Crippen LogP contribution < -0.4 is 4.90 Å². The van der Waals surface area contributed by atoms with Gasteiger partial charge in [-0.25, -0.2) is 0 Å². The summed E-state index contributed by atoms with van der Waals surface area (Å²) in [7, 11) is 0. The second-order valence-electron chi connectivity index (χ2n) is 16.5. The molecule has 0 amide bonds. The molecule has 284 valence electrons. The van der Waals surface area contributed by atoms with Gasteiger partial charge in [-0.1, -0.05) is 159 Å². The first-order valence-electron chi connectivity index (χ1n) is 20.8. The summed E-state index contributed by atoms with van der Waals surface area (Å²) in [6.45, 7) is 4.81. The number of furan rings is 1. The van der Waals surface area contributed by atoms with Gasteiger partial charge in [0.05, 0.1) is 16.7 Å². The highest BCUT2D eigenvalue weighted by Crippen LogP contribution is 2.59. The molecule has 3 nitrogen and oxygen atoms in total. The van der Waals surface area contributed by atoms with Gasteiger partial charge < -0.3 is 13.9 Å². The summed E-state index contributed by atoms with van der Waals surface area (Å²) in [6, 6.07) is 74.7. The molecule has 0 atom stereocenters. The van der Waals surface area contributed by atoms with E-state index < -0.39 is 0 Å². The van der Waals surface area contributed by atoms with Crippen LogP contribution in [0.2, 0.25) is 0 Å². The van der Waals surface area contributed by atoms with Gasteiger partial charge >= 0.3 is 0 Å². The van der Waals surface area contributed by atoms with Crippen LogP contribution in [0.4, 0.5) is 17.1 Å². The summed E-state index contributed by atoms with van der Waals surface area (Å²) in [6.07, 6.45) is 0. The van der Waals surface area contributed by atoms with Gasteiger partial charge in [0, 0.05) is 49.6 Å². The Morgan fingerprint density at radius 2 is 1.02 bits per heavy atom. The fraction of sp³-hybridized carbons (Fsp3) is 0.0526. The molecule has 0 radical (unpaired) electrons. The van der Waals surface area contributed by atoms with E-state index in [1.54, 1.807) is 0 Å². The van der Waals surface area contributed by atoms with E-state index in [-0.39, 0.29) is 5.41 Å². The number of para-hydroxylation sites is 2. The fourth-order valence-corrected chi connectivity index (χ4v) is 10.0. The van der Waals surface area contributed by atoms with Crippen molar-refractivity contribution in [2.75, 3.05) is 4.90 Å². The molecule has 60 heavy (non-hydrogen) atoms. The molecule has 1 aliphatic carbocycles. The maximum absolute atomic E-state index is 6.60. The van der Waals surface area contributed by atoms with Crippen molar-refractivity contribution >= 4 is 60.8 Å². The molecule has 0 aliphatic heterocycles. The van der Waals surface area contributed by atoms with Gasteiger partial charge in [0.1, 0.15) is 11.2 Å². The molecular weight excluding hydrogens is 729 g/mol. The van der Waals surface area contributed by atoms with E-state index in [1.807, 2.05) is 0 Å². The van der Waals surface area contributed by atoms with Crippen LogP contribution in [0.3, 0.4) is 0 Å². The Bertz CT molecular complexity index is 3330. The van der Waals surface area contributed by atoms with Crippen molar-refractivity contribution in [1.29, 1.82) is 0 Å². The van der Waals surface area contributed by atoms with Gasteiger partial charge in [0.15, 0.2) is 0 Å². The van der Waals surface area contributed by atoms with E-state index >= 15 is 0 Å². The van der Waals surface area contributed by atoms with Crippen LogP contribution in [-0.4, -0.2) is 4.57 Å². The number of benzene rings is 9. The fourth-order valence-electron chi connectivity index (χ4n) is 10.0. The summed E-state index contributed by atoms with van der Waals surface area (Å²) in [5, 5.41) is 4.67. The van der Waals surface area contributed by atoms with E-state index in [1.165, 1.54) is 60.8 Å². The van der Waals surface area contributed by atoms with Crippen molar-refractivity contribution in [3.8, 4) is 39.1 Å². The molecule has 9 aromatic carbocycles. The van der Waals surface area contributed by atoms with E-state index in [0.717, 1.165) is 50.2 Å². The van der Waals surface area contributed by atoms with Crippen LogP contribution in [0.15, 0.2) is 211 Å². The van der Waals surface area contributed by atoms with Gasteiger partial charge in [0.25, 0.3) is 0 Å². The summed E-state index contributed by atoms with van der Waals surface area (Å²) < 4.78 is 9.11. The number of fused-ring (bicyclic) bond motifs is 11. The summed E-state index contributed by atoms with van der Waals surface area (Å²) in [4.78, 5) is 2.49. The number of aromatic nitrogens is 1. The predicted octanol–water partition coefficient (Wildman–Crippen LogP) is 15.8. The van der Waals surface area contributed by atoms with Gasteiger partial charge in [-0.3, -0.25) is 0 Å². The Kier molecular flexibility index (Phi) is 7.58. The first-order chi connectivity index (χ1) is 29.5. The van der Waals surface area contributed by atoms with Gasteiger partial charge in [-0.15, -0.1) is 0 Å². The summed E-state index contributed by atoms with van der Waals surface area (Å²) in [5.41, 5.74) is 18.3. The third-order valence-electron chi connectivity index (χ3n) is 12.7. The van der Waals surface area contributed by atoms with Crippen LogP contribution in [0.1, 0.15) is 25.0 Å². The van der Waals surface area contributed by atoms with Crippen molar-refractivity contribution in [2.45, 2.75) is 19.3 Å². The highest BCUT2D eigenvalue weighted by atomic mass is 16.3. The Labute approximate surface area is 349 Å². The van der Waals surface area contributed by atoms with Crippen LogP contribution in [0.25, 0.3) is 82.8 Å². The lowest BCUT2D eigenvalue weighted by atomic mass is 9.81. The summed E-state index contributed by atoms with van der Waals surface area (Å²) in [5.74, 6) is 0. The van der Waals surface area contributed by atoms with E-state index in [0.29, 0.717) is 0 Å². The zero-order chi connectivity index (χ0) is 40.0. The monoisotopic (exact) mass is 768 g/mol. The molecule has 2 aromatic heterocycles. The molecule has 2 heterocycles. The topological polar surface area (TPSA) is 21.3 Å². The maximum Gasteiger partial charge on any atom is 0.136 e. The Morgan fingerprint density at radius 3 is 1.67 bits per heavy atom. The molecule has 1 aliphatic rings. The lowest BCUT2D eigenvalue weighted by molar-refractivity contribution is 0.664. The minimum absolute atomic E-state index is 0.321. The second kappa shape index (κ2) is 13.2. The number of hydrogen-bond acceptors (Lipinski definition) is 2. The smallest absolute Gasteiger partial charge is 0.136 e. The molecule has 0 fully saturated rings. The van der Waals surface area contributed by atoms with E-state index in [2.05, 4.69) is 230 Å². The minimum atomic E-state index is -0.321. The van der Waals surface area contributed by atoms with Gasteiger partial charge in [-0.2, -0.15) is 0 Å². The molecule has 0 bridgehead atoms. The predicted molar refractivity (Wildman–Crippen MR) is 251 cm³/mol. The largest absolute Gasteiger partial charge is 0.456 e. The maximum atomic E-state index is 6.60. The first-order valence-corrected chi connectivity index (χ1v) is 20.8. The zero-order valence-corrected chi connectivity index (χ0v) is 33.4. The SMILES string of the molecule is CC1(C)c2ccccc2-c2c(N(c3ccc(-c4ccccc4)cc3)c3ccc(-c4ccccc4)cc3)cc3c4c5c(ccc4n(-c4ccccc4)c3c21)oc1ccccc15. The van der Waals surface area contributed by atoms with Crippen LogP contribution in [0, 0.1) is 0 Å². The van der Waals surface area contributed by atoms with Crippen molar-refractivity contribution in [1.82, 2.24) is 4.57 Å². The van der Waals surface area contributed by atoms with Crippen molar-refractivity contribution < 1.29 is 4.42 Å². The molecule has 0 saturated carbocycles. The number of rotatable bonds is 6. The molecule has 0 unspecified atom stereocenters. The third kappa shape index (κ3) is 5.09. The number of hydrogen-bond donors (Lipinski definition) is 0. The molecule has 0 saturated heterocycles. The van der Waals surface area contributed by atoms with Crippen LogP contribution >= 0.6 is 0 Å². The lowest BCUT2D eigenvalue weighted by Crippen LogP contribution is -2.18. The quantitative estimate of drug-likeness (QED) is 0.168. The van der Waals surface area contributed by atoms with E-state index in [9.17, 15) is 0 Å². The van der Waals surface area contributed by atoms with E-state index in [4.69, 9.17) is 4.42 Å². The lowest BCUT2D eigenvalue weighted by Gasteiger charge is -2.30. The molecular formula is C57H40N2O.